The van der Waals surface area contributed by atoms with Gasteiger partial charge >= 0.3 is 6.03 Å². The minimum atomic E-state index is -0.585. The summed E-state index contributed by atoms with van der Waals surface area (Å²) in [5, 5.41) is 12.0. The van der Waals surface area contributed by atoms with Crippen LogP contribution in [0.5, 0.6) is 0 Å². The number of carbonyl (C=O) groups excluding carboxylic acids is 2. The van der Waals surface area contributed by atoms with Gasteiger partial charge in [-0.05, 0) is 62.2 Å². The number of hydrogen-bond acceptors (Lipinski definition) is 3. The average molecular weight is 668 g/mol. The van der Waals surface area contributed by atoms with Gasteiger partial charge in [0.1, 0.15) is 0 Å². The Morgan fingerprint density at radius 2 is 1.13 bits per heavy atom. The van der Waals surface area contributed by atoms with Crippen molar-refractivity contribution in [2.45, 2.75) is 43.0 Å². The Kier molecular flexibility index (Phi) is 11.8. The van der Waals surface area contributed by atoms with Gasteiger partial charge in [0.2, 0.25) is 5.91 Å². The van der Waals surface area contributed by atoms with E-state index in [1.165, 1.54) is 21.2 Å². The molecule has 6 rings (SSSR count). The monoisotopic (exact) mass is 667 g/mol. The largest absolute Gasteiger partial charge is 0.342 e. The van der Waals surface area contributed by atoms with Crippen LogP contribution >= 0.6 is 27.6 Å². The Morgan fingerprint density at radius 3 is 1.59 bits per heavy atom. The Morgan fingerprint density at radius 1 is 0.674 bits per heavy atom. The molecule has 0 spiro atoms. The number of nitrogens with one attached hydrogen (secondary N) is 2. The molecule has 8 heteroatoms. The van der Waals surface area contributed by atoms with Gasteiger partial charge in [0, 0.05) is 30.5 Å². The summed E-state index contributed by atoms with van der Waals surface area (Å²) >= 11 is 1.95. The van der Waals surface area contributed by atoms with E-state index in [0.29, 0.717) is 11.7 Å². The third-order valence-corrected chi connectivity index (χ3v) is 15.4. The van der Waals surface area contributed by atoms with Gasteiger partial charge in [-0.25, -0.2) is 4.79 Å². The number of fused-ring (bicyclic) bond motifs is 1. The van der Waals surface area contributed by atoms with Crippen molar-refractivity contribution < 1.29 is 9.59 Å². The van der Waals surface area contributed by atoms with Crippen LogP contribution in [0.25, 0.3) is 0 Å². The van der Waals surface area contributed by atoms with Crippen LogP contribution < -0.4 is 31.9 Å². The number of amides is 3. The molecule has 0 radical (unpaired) electrons. The predicted octanol–water partition coefficient (Wildman–Crippen LogP) is 5.81. The summed E-state index contributed by atoms with van der Waals surface area (Å²) in [4.78, 5) is 28.0. The predicted molar refractivity (Wildman–Crippen MR) is 198 cm³/mol. The van der Waals surface area contributed by atoms with Crippen LogP contribution in [-0.4, -0.2) is 65.3 Å². The number of benzene rings is 4. The fourth-order valence-electron chi connectivity index (χ4n) is 6.47. The third-order valence-electron chi connectivity index (χ3n) is 8.88. The van der Waals surface area contributed by atoms with Crippen molar-refractivity contribution in [1.82, 2.24) is 15.5 Å². The lowest BCUT2D eigenvalue weighted by Gasteiger charge is -2.29. The number of carbonyl (C=O) groups is 2. The lowest BCUT2D eigenvalue weighted by Crippen LogP contribution is -2.37. The first-order valence-corrected chi connectivity index (χ1v) is 20.5. The average Bonchev–Trinajstić information content (AvgIpc) is 3.66. The molecule has 0 saturated carbocycles. The smallest absolute Gasteiger partial charge is 0.315 e. The van der Waals surface area contributed by atoms with E-state index in [9.17, 15) is 9.59 Å². The Bertz CT molecular complexity index is 1370. The standard InChI is InChI=1S/C38H43N3O2P2S/c42-36(24-14-13-23-35-37-34(29-46-35)39-38(43)40-37)41(25-27-44(30-15-5-1-6-16-30)31-17-7-2-8-18-31)26-28-45(32-19-9-3-10-20-32)33-21-11-4-12-22-33/h1-12,15-22,34-35,37H,13-14,23-29H2,(H2,39,40,43)/t34-,35-,37-/m0/s1. The van der Waals surface area contributed by atoms with Crippen molar-refractivity contribution in [2.75, 3.05) is 31.2 Å². The molecular formula is C38H43N3O2P2S. The summed E-state index contributed by atoms with van der Waals surface area (Å²) in [5.74, 6) is 1.23. The van der Waals surface area contributed by atoms with Gasteiger partial charge < -0.3 is 15.5 Å². The van der Waals surface area contributed by atoms with Crippen LogP contribution in [0.15, 0.2) is 121 Å². The normalized spacial score (nSPS) is 18.7. The topological polar surface area (TPSA) is 61.4 Å². The molecule has 2 aliphatic heterocycles. The summed E-state index contributed by atoms with van der Waals surface area (Å²) in [6, 6.07) is 43.7. The van der Waals surface area contributed by atoms with E-state index in [1.54, 1.807) is 0 Å². The van der Waals surface area contributed by atoms with Crippen molar-refractivity contribution in [3.05, 3.63) is 121 Å². The molecule has 3 atom stereocenters. The lowest BCUT2D eigenvalue weighted by molar-refractivity contribution is -0.130. The molecule has 3 amide bonds. The highest BCUT2D eigenvalue weighted by molar-refractivity contribution is 8.00. The van der Waals surface area contributed by atoms with E-state index in [-0.39, 0.29) is 24.0 Å². The first-order chi connectivity index (χ1) is 22.7. The summed E-state index contributed by atoms with van der Waals surface area (Å²) in [6.07, 6.45) is 5.36. The molecule has 2 saturated heterocycles. The van der Waals surface area contributed by atoms with Gasteiger partial charge in [-0.3, -0.25) is 4.79 Å². The first kappa shape index (κ1) is 32.8. The van der Waals surface area contributed by atoms with Crippen molar-refractivity contribution in [3.8, 4) is 0 Å². The Balaban J connectivity index is 1.14. The molecule has 2 aliphatic rings. The molecule has 4 aromatic rings. The zero-order valence-electron chi connectivity index (χ0n) is 26.2. The second kappa shape index (κ2) is 16.6. The van der Waals surface area contributed by atoms with Crippen molar-refractivity contribution in [2.24, 2.45) is 0 Å². The highest BCUT2D eigenvalue weighted by Crippen LogP contribution is 2.36. The van der Waals surface area contributed by atoms with Gasteiger partial charge in [-0.15, -0.1) is 0 Å². The highest BCUT2D eigenvalue weighted by atomic mass is 32.2. The van der Waals surface area contributed by atoms with Crippen LogP contribution in [0.1, 0.15) is 25.7 Å². The van der Waals surface area contributed by atoms with Crippen molar-refractivity contribution in [1.29, 1.82) is 0 Å². The Labute approximate surface area is 280 Å². The second-order valence-corrected chi connectivity index (χ2v) is 17.8. The second-order valence-electron chi connectivity index (χ2n) is 11.9. The number of urea groups is 1. The Hall–Kier alpha value is -3.17. The quantitative estimate of drug-likeness (QED) is 0.0957. The summed E-state index contributed by atoms with van der Waals surface area (Å²) in [7, 11) is -1.17. The fraction of sp³-hybridized carbons (Fsp3) is 0.316. The summed E-state index contributed by atoms with van der Waals surface area (Å²) in [5.41, 5.74) is 0. The molecule has 238 valence electrons. The van der Waals surface area contributed by atoms with Crippen molar-refractivity contribution >= 4 is 60.8 Å². The van der Waals surface area contributed by atoms with Crippen LogP contribution in [0.4, 0.5) is 4.79 Å². The van der Waals surface area contributed by atoms with Gasteiger partial charge in [-0.1, -0.05) is 128 Å². The minimum Gasteiger partial charge on any atom is -0.342 e. The van der Waals surface area contributed by atoms with Crippen LogP contribution in [0, 0.1) is 0 Å². The van der Waals surface area contributed by atoms with E-state index in [0.717, 1.165) is 50.4 Å². The minimum absolute atomic E-state index is 0.0388. The first-order valence-electron chi connectivity index (χ1n) is 16.4. The van der Waals surface area contributed by atoms with Gasteiger partial charge in [-0.2, -0.15) is 11.8 Å². The molecule has 2 heterocycles. The maximum absolute atomic E-state index is 14.0. The van der Waals surface area contributed by atoms with Crippen LogP contribution in [0.3, 0.4) is 0 Å². The molecule has 5 nitrogen and oxygen atoms in total. The van der Waals surface area contributed by atoms with Gasteiger partial charge in [0.25, 0.3) is 0 Å². The maximum Gasteiger partial charge on any atom is 0.315 e. The number of nitrogens with zero attached hydrogens (tertiary/aromatic N) is 1. The molecule has 4 aromatic carbocycles. The number of rotatable bonds is 15. The third kappa shape index (κ3) is 8.59. The van der Waals surface area contributed by atoms with Gasteiger partial charge in [0.05, 0.1) is 12.1 Å². The molecule has 46 heavy (non-hydrogen) atoms. The van der Waals surface area contributed by atoms with E-state index in [1.807, 2.05) is 11.8 Å². The molecule has 2 N–H and O–H groups in total. The molecule has 0 unspecified atom stereocenters. The SMILES string of the molecule is O=C1N[C@H]2[C@H](CS[C@H]2CCCCC(=O)N(CCP(c2ccccc2)c2ccccc2)CCP(c2ccccc2)c2ccccc2)N1. The molecule has 0 bridgehead atoms. The zero-order valence-corrected chi connectivity index (χ0v) is 28.8. The van der Waals surface area contributed by atoms with Crippen LogP contribution in [-0.2, 0) is 4.79 Å². The number of thioether (sulfide) groups is 1. The molecule has 2 fully saturated rings. The van der Waals surface area contributed by atoms with E-state index in [2.05, 4.69) is 137 Å². The molecule has 0 aliphatic carbocycles. The van der Waals surface area contributed by atoms with E-state index >= 15 is 0 Å². The lowest BCUT2D eigenvalue weighted by atomic mass is 10.0. The number of hydrogen-bond donors (Lipinski definition) is 2. The molecule has 0 aromatic heterocycles. The van der Waals surface area contributed by atoms with E-state index in [4.69, 9.17) is 0 Å². The van der Waals surface area contributed by atoms with Crippen molar-refractivity contribution in [3.63, 3.8) is 0 Å². The summed E-state index contributed by atoms with van der Waals surface area (Å²) in [6.45, 7) is 1.50. The number of unbranched alkanes of at least 4 members (excludes halogenated alkanes) is 1. The maximum atomic E-state index is 14.0. The van der Waals surface area contributed by atoms with Gasteiger partial charge in [0.15, 0.2) is 0 Å². The van der Waals surface area contributed by atoms with Crippen LogP contribution in [0.2, 0.25) is 0 Å². The zero-order chi connectivity index (χ0) is 31.6. The molecular weight excluding hydrogens is 624 g/mol. The fourth-order valence-corrected chi connectivity index (χ4v) is 12.7. The van der Waals surface area contributed by atoms with E-state index < -0.39 is 15.8 Å². The highest BCUT2D eigenvalue weighted by Gasteiger charge is 2.42. The summed E-state index contributed by atoms with van der Waals surface area (Å²) < 4.78 is 0.